The molecule has 6 rings (SSSR count). The van der Waals surface area contributed by atoms with E-state index >= 15 is 0 Å². The van der Waals surface area contributed by atoms with Crippen molar-refractivity contribution in [3.63, 3.8) is 0 Å². The maximum absolute atomic E-state index is 14.9. The van der Waals surface area contributed by atoms with Gasteiger partial charge in [0.15, 0.2) is 10.3 Å². The second kappa shape index (κ2) is 13.4. The van der Waals surface area contributed by atoms with Crippen LogP contribution in [0.1, 0.15) is 16.7 Å². The van der Waals surface area contributed by atoms with Gasteiger partial charge < -0.3 is 10.2 Å². The Morgan fingerprint density at radius 3 is 2.02 bits per heavy atom. The average Bonchev–Trinajstić information content (AvgIpc) is 3.75. The first kappa shape index (κ1) is 33.7. The Balaban J connectivity index is 1.19. The standard InChI is InChI=1S/C34H23F7N6S2/c1-19-9-10-23(15-26(19)29-18-49-32(44-29)47(2)25-8-4-6-21(14-25)34(39,40)41)45-46-24-11-12-28(35)27(16-24)30-17-48-31(43-30)42-22-7-3-5-20(13-22)33(36,37)38/h3-18H,1-2H3,(H,42,43)/b46-45+. The van der Waals surface area contributed by atoms with Crippen molar-refractivity contribution in [3.8, 4) is 22.5 Å². The number of thiazole rings is 2. The molecule has 2 aromatic heterocycles. The predicted octanol–water partition coefficient (Wildman–Crippen LogP) is 12.3. The smallest absolute Gasteiger partial charge is 0.332 e. The molecule has 0 amide bonds. The van der Waals surface area contributed by atoms with E-state index in [2.05, 4.69) is 25.5 Å². The highest BCUT2D eigenvalue weighted by atomic mass is 32.1. The summed E-state index contributed by atoms with van der Waals surface area (Å²) >= 11 is 2.38. The maximum atomic E-state index is 14.9. The summed E-state index contributed by atoms with van der Waals surface area (Å²) in [7, 11) is 1.64. The quantitative estimate of drug-likeness (QED) is 0.126. The number of anilines is 4. The minimum atomic E-state index is -4.50. The lowest BCUT2D eigenvalue weighted by Crippen LogP contribution is -2.11. The minimum Gasteiger partial charge on any atom is -0.332 e. The summed E-state index contributed by atoms with van der Waals surface area (Å²) < 4.78 is 93.8. The van der Waals surface area contributed by atoms with E-state index in [1.54, 1.807) is 40.9 Å². The number of hydrogen-bond donors (Lipinski definition) is 1. The Labute approximate surface area is 283 Å². The van der Waals surface area contributed by atoms with Crippen LogP contribution >= 0.6 is 22.7 Å². The molecular weight excluding hydrogens is 690 g/mol. The molecule has 1 N–H and O–H groups in total. The van der Waals surface area contributed by atoms with Crippen molar-refractivity contribution < 1.29 is 30.7 Å². The molecule has 0 spiro atoms. The third-order valence-electron chi connectivity index (χ3n) is 7.29. The molecule has 0 aliphatic heterocycles. The van der Waals surface area contributed by atoms with Crippen LogP contribution in [0, 0.1) is 12.7 Å². The largest absolute Gasteiger partial charge is 0.416 e. The van der Waals surface area contributed by atoms with Gasteiger partial charge in [0, 0.05) is 40.3 Å². The molecular formula is C34H23F7N6S2. The minimum absolute atomic E-state index is 0.134. The van der Waals surface area contributed by atoms with E-state index in [0.29, 0.717) is 27.9 Å². The van der Waals surface area contributed by atoms with Gasteiger partial charge in [-0.15, -0.1) is 22.7 Å². The Morgan fingerprint density at radius 1 is 0.694 bits per heavy atom. The highest BCUT2D eigenvalue weighted by Gasteiger charge is 2.31. The summed E-state index contributed by atoms with van der Waals surface area (Å²) in [4.78, 5) is 10.6. The zero-order valence-electron chi connectivity index (χ0n) is 25.4. The number of hydrogen-bond acceptors (Lipinski definition) is 8. The third-order valence-corrected chi connectivity index (χ3v) is 8.96. The zero-order chi connectivity index (χ0) is 34.9. The number of halogens is 7. The Bertz CT molecular complexity index is 2150. The van der Waals surface area contributed by atoms with Crippen LogP contribution < -0.4 is 10.2 Å². The van der Waals surface area contributed by atoms with Crippen LogP contribution in [0.15, 0.2) is 106 Å². The number of alkyl halides is 6. The van der Waals surface area contributed by atoms with Crippen molar-refractivity contribution >= 4 is 55.7 Å². The molecule has 0 aliphatic rings. The monoisotopic (exact) mass is 712 g/mol. The van der Waals surface area contributed by atoms with Gasteiger partial charge in [-0.2, -0.15) is 36.6 Å². The normalized spacial score (nSPS) is 12.1. The lowest BCUT2D eigenvalue weighted by atomic mass is 10.1. The number of aryl methyl sites for hydroxylation is 1. The summed E-state index contributed by atoms with van der Waals surface area (Å²) in [5, 5.41) is 15.6. The number of aromatic nitrogens is 2. The fourth-order valence-electron chi connectivity index (χ4n) is 4.73. The first-order valence-corrected chi connectivity index (χ1v) is 16.1. The van der Waals surface area contributed by atoms with Crippen molar-refractivity contribution in [1.82, 2.24) is 9.97 Å². The molecule has 0 saturated carbocycles. The number of benzene rings is 4. The topological polar surface area (TPSA) is 65.8 Å². The van der Waals surface area contributed by atoms with Crippen molar-refractivity contribution in [3.05, 3.63) is 118 Å². The first-order chi connectivity index (χ1) is 23.2. The Kier molecular flexibility index (Phi) is 9.22. The summed E-state index contributed by atoms with van der Waals surface area (Å²) in [5.41, 5.74) is 2.42. The number of nitrogens with one attached hydrogen (secondary N) is 1. The molecule has 4 aromatic carbocycles. The SMILES string of the molecule is Cc1ccc(/N=N/c2ccc(F)c(-c3csc(Nc4cccc(C(F)(F)F)c4)n3)c2)cc1-c1csc(N(C)c2cccc(C(F)(F)F)c2)n1. The lowest BCUT2D eigenvalue weighted by Gasteiger charge is -2.17. The van der Waals surface area contributed by atoms with Gasteiger partial charge >= 0.3 is 12.4 Å². The van der Waals surface area contributed by atoms with E-state index in [1.807, 2.05) is 13.0 Å². The Hall–Kier alpha value is -5.15. The van der Waals surface area contributed by atoms with E-state index in [4.69, 9.17) is 0 Å². The van der Waals surface area contributed by atoms with Gasteiger partial charge in [-0.1, -0.05) is 18.2 Å². The van der Waals surface area contributed by atoms with Crippen LogP contribution in [-0.2, 0) is 12.4 Å². The second-order valence-corrected chi connectivity index (χ2v) is 12.4. The van der Waals surface area contributed by atoms with Crippen LogP contribution in [0.4, 0.5) is 63.7 Å². The second-order valence-electron chi connectivity index (χ2n) is 10.7. The van der Waals surface area contributed by atoms with Crippen molar-refractivity contribution in [2.45, 2.75) is 19.3 Å². The summed E-state index contributed by atoms with van der Waals surface area (Å²) in [6, 6.07) is 19.2. The number of nitrogens with zero attached hydrogens (tertiary/aromatic N) is 5. The first-order valence-electron chi connectivity index (χ1n) is 14.3. The summed E-state index contributed by atoms with van der Waals surface area (Å²) in [6.45, 7) is 1.89. The molecule has 0 fully saturated rings. The highest BCUT2D eigenvalue weighted by Crippen LogP contribution is 2.38. The number of azo groups is 1. The van der Waals surface area contributed by atoms with Crippen LogP contribution in [0.3, 0.4) is 0 Å². The van der Waals surface area contributed by atoms with Crippen molar-refractivity contribution in [1.29, 1.82) is 0 Å². The average molecular weight is 713 g/mol. The number of rotatable bonds is 8. The molecule has 15 heteroatoms. The molecule has 0 bridgehead atoms. The fourth-order valence-corrected chi connectivity index (χ4v) is 6.27. The van der Waals surface area contributed by atoms with Gasteiger partial charge in [-0.05, 0) is 79.2 Å². The molecule has 6 nitrogen and oxygen atoms in total. The van der Waals surface area contributed by atoms with E-state index in [9.17, 15) is 30.7 Å². The molecule has 0 atom stereocenters. The van der Waals surface area contributed by atoms with E-state index in [-0.39, 0.29) is 22.1 Å². The van der Waals surface area contributed by atoms with Gasteiger partial charge in [0.05, 0.1) is 33.9 Å². The maximum Gasteiger partial charge on any atom is 0.416 e. The van der Waals surface area contributed by atoms with Gasteiger partial charge in [0.25, 0.3) is 0 Å². The molecule has 250 valence electrons. The Morgan fingerprint density at radius 2 is 1.31 bits per heavy atom. The van der Waals surface area contributed by atoms with Gasteiger partial charge in [0.1, 0.15) is 5.82 Å². The molecule has 2 heterocycles. The van der Waals surface area contributed by atoms with Crippen molar-refractivity contribution in [2.24, 2.45) is 10.2 Å². The third kappa shape index (κ3) is 7.78. The van der Waals surface area contributed by atoms with E-state index < -0.39 is 29.3 Å². The molecule has 0 radical (unpaired) electrons. The van der Waals surface area contributed by atoms with Gasteiger partial charge in [-0.3, -0.25) is 0 Å². The van der Waals surface area contributed by atoms with Crippen LogP contribution in [-0.4, -0.2) is 17.0 Å². The predicted molar refractivity (Wildman–Crippen MR) is 178 cm³/mol. The molecule has 0 unspecified atom stereocenters. The van der Waals surface area contributed by atoms with Crippen molar-refractivity contribution in [2.75, 3.05) is 17.3 Å². The van der Waals surface area contributed by atoms with Crippen LogP contribution in [0.25, 0.3) is 22.5 Å². The molecule has 0 aliphatic carbocycles. The van der Waals surface area contributed by atoms with Crippen LogP contribution in [0.2, 0.25) is 0 Å². The molecule has 49 heavy (non-hydrogen) atoms. The zero-order valence-corrected chi connectivity index (χ0v) is 27.1. The van der Waals surface area contributed by atoms with Crippen LogP contribution in [0.5, 0.6) is 0 Å². The highest BCUT2D eigenvalue weighted by molar-refractivity contribution is 7.14. The molecule has 0 saturated heterocycles. The van der Waals surface area contributed by atoms with Gasteiger partial charge in [-0.25, -0.2) is 14.4 Å². The summed E-state index contributed by atoms with van der Waals surface area (Å²) in [6.07, 6.45) is -8.96. The fraction of sp³-hybridized carbons (Fsp3) is 0.118. The molecule has 6 aromatic rings. The van der Waals surface area contributed by atoms with E-state index in [0.717, 1.165) is 46.7 Å². The van der Waals surface area contributed by atoms with Gasteiger partial charge in [0.2, 0.25) is 0 Å². The lowest BCUT2D eigenvalue weighted by molar-refractivity contribution is -0.138. The summed E-state index contributed by atoms with van der Waals surface area (Å²) in [5.74, 6) is -0.568. The van der Waals surface area contributed by atoms with E-state index in [1.165, 1.54) is 47.7 Å².